The summed E-state index contributed by atoms with van der Waals surface area (Å²) >= 11 is 0. The summed E-state index contributed by atoms with van der Waals surface area (Å²) in [7, 11) is 0. The highest BCUT2D eigenvalue weighted by atomic mass is 16.2. The van der Waals surface area contributed by atoms with E-state index in [1.54, 1.807) is 0 Å². The van der Waals surface area contributed by atoms with Gasteiger partial charge in [-0.2, -0.15) is 0 Å². The molecule has 2 aromatic rings. The number of carbonyl (C=O) groups is 1. The molecule has 0 saturated heterocycles. The highest BCUT2D eigenvalue weighted by Crippen LogP contribution is 2.31. The zero-order valence-electron chi connectivity index (χ0n) is 13.9. The Labute approximate surface area is 138 Å². The van der Waals surface area contributed by atoms with Crippen molar-refractivity contribution in [2.75, 3.05) is 18.0 Å². The minimum atomic E-state index is 0.0992. The third-order valence-corrected chi connectivity index (χ3v) is 4.64. The van der Waals surface area contributed by atoms with Gasteiger partial charge in [0.05, 0.1) is 6.54 Å². The van der Waals surface area contributed by atoms with Crippen LogP contribution in [0.25, 0.3) is 0 Å². The predicted octanol–water partition coefficient (Wildman–Crippen LogP) is 3.10. The largest absolute Gasteiger partial charge is 0.359 e. The number of para-hydroxylation sites is 1. The molecule has 0 aromatic heterocycles. The van der Waals surface area contributed by atoms with E-state index < -0.39 is 0 Å². The molecule has 3 heteroatoms. The molecule has 3 nitrogen and oxygen atoms in total. The highest BCUT2D eigenvalue weighted by Gasteiger charge is 2.26. The van der Waals surface area contributed by atoms with Crippen LogP contribution in [-0.4, -0.2) is 25.0 Å². The lowest BCUT2D eigenvalue weighted by Gasteiger charge is -2.24. The first-order chi connectivity index (χ1) is 11.1. The van der Waals surface area contributed by atoms with Crippen molar-refractivity contribution in [3.05, 3.63) is 65.2 Å². The molecular weight excluding hydrogens is 284 g/mol. The maximum atomic E-state index is 12.3. The minimum absolute atomic E-state index is 0.0992. The molecule has 1 amide bonds. The van der Waals surface area contributed by atoms with E-state index in [0.717, 1.165) is 12.8 Å². The summed E-state index contributed by atoms with van der Waals surface area (Å²) < 4.78 is 0. The molecule has 1 unspecified atom stereocenters. The van der Waals surface area contributed by atoms with Gasteiger partial charge < -0.3 is 10.2 Å². The first-order valence-electron chi connectivity index (χ1n) is 8.31. The van der Waals surface area contributed by atoms with Crippen LogP contribution in [0.3, 0.4) is 0 Å². The molecule has 0 fully saturated rings. The first-order valence-corrected chi connectivity index (χ1v) is 8.31. The maximum Gasteiger partial charge on any atom is 0.239 e. The molecule has 0 aliphatic carbocycles. The van der Waals surface area contributed by atoms with Gasteiger partial charge in [0, 0.05) is 18.3 Å². The Kier molecular flexibility index (Phi) is 4.65. The van der Waals surface area contributed by atoms with Crippen LogP contribution in [0.2, 0.25) is 0 Å². The lowest BCUT2D eigenvalue weighted by atomic mass is 10.1. The Morgan fingerprint density at radius 3 is 2.74 bits per heavy atom. The normalized spacial score (nSPS) is 16.3. The molecule has 1 heterocycles. The summed E-state index contributed by atoms with van der Waals surface area (Å²) in [5, 5.41) is 3.06. The lowest BCUT2D eigenvalue weighted by Crippen LogP contribution is -2.40. The Morgan fingerprint density at radius 2 is 1.91 bits per heavy atom. The third kappa shape index (κ3) is 3.55. The van der Waals surface area contributed by atoms with Gasteiger partial charge in [-0.25, -0.2) is 0 Å². The molecule has 0 bridgehead atoms. The monoisotopic (exact) mass is 308 g/mol. The van der Waals surface area contributed by atoms with E-state index in [-0.39, 0.29) is 5.91 Å². The van der Waals surface area contributed by atoms with E-state index >= 15 is 0 Å². The molecule has 0 spiro atoms. The number of hydrogen-bond acceptors (Lipinski definition) is 2. The number of nitrogens with zero attached hydrogens (tertiary/aromatic N) is 1. The van der Waals surface area contributed by atoms with E-state index in [1.807, 2.05) is 18.2 Å². The van der Waals surface area contributed by atoms with Crippen molar-refractivity contribution < 1.29 is 4.79 Å². The van der Waals surface area contributed by atoms with E-state index in [1.165, 1.54) is 22.4 Å². The fourth-order valence-electron chi connectivity index (χ4n) is 3.31. The van der Waals surface area contributed by atoms with Gasteiger partial charge in [0.15, 0.2) is 0 Å². The number of benzene rings is 2. The van der Waals surface area contributed by atoms with Crippen LogP contribution in [0, 0.1) is 6.92 Å². The number of amides is 1. The van der Waals surface area contributed by atoms with Gasteiger partial charge in [-0.3, -0.25) is 4.79 Å². The smallest absolute Gasteiger partial charge is 0.239 e. The van der Waals surface area contributed by atoms with Crippen LogP contribution in [0.1, 0.15) is 23.6 Å². The lowest BCUT2D eigenvalue weighted by molar-refractivity contribution is -0.119. The number of nitrogens with one attached hydrogen (secondary N) is 1. The minimum Gasteiger partial charge on any atom is -0.359 e. The van der Waals surface area contributed by atoms with Crippen LogP contribution >= 0.6 is 0 Å². The molecule has 2 aromatic carbocycles. The van der Waals surface area contributed by atoms with Gasteiger partial charge in [-0.1, -0.05) is 42.5 Å². The van der Waals surface area contributed by atoms with E-state index in [9.17, 15) is 4.79 Å². The third-order valence-electron chi connectivity index (χ3n) is 4.64. The number of hydrogen-bond donors (Lipinski definition) is 1. The standard InChI is InChI=1S/C20H24N2O/c1-15-7-3-4-8-17(15)11-12-21-20(23)14-22-16(2)13-18-9-5-6-10-19(18)22/h3-10,16H,11-14H2,1-2H3,(H,21,23). The van der Waals surface area contributed by atoms with Crippen molar-refractivity contribution >= 4 is 11.6 Å². The molecule has 1 aliphatic heterocycles. The summed E-state index contributed by atoms with van der Waals surface area (Å²) in [6.07, 6.45) is 1.90. The summed E-state index contributed by atoms with van der Waals surface area (Å²) in [4.78, 5) is 14.5. The second kappa shape index (κ2) is 6.86. The van der Waals surface area contributed by atoms with Crippen molar-refractivity contribution in [3.8, 4) is 0 Å². The van der Waals surface area contributed by atoms with Crippen molar-refractivity contribution in [2.24, 2.45) is 0 Å². The summed E-state index contributed by atoms with van der Waals surface area (Å²) in [5.41, 5.74) is 5.12. The number of carbonyl (C=O) groups excluding carboxylic acids is 1. The predicted molar refractivity (Wildman–Crippen MR) is 94.8 cm³/mol. The van der Waals surface area contributed by atoms with Gasteiger partial charge in [0.25, 0.3) is 0 Å². The van der Waals surface area contributed by atoms with Gasteiger partial charge in [-0.05, 0) is 49.4 Å². The molecular formula is C20H24N2O. The van der Waals surface area contributed by atoms with Crippen LogP contribution in [0.4, 0.5) is 5.69 Å². The van der Waals surface area contributed by atoms with Crippen molar-refractivity contribution in [3.63, 3.8) is 0 Å². The average molecular weight is 308 g/mol. The molecule has 1 atom stereocenters. The summed E-state index contributed by atoms with van der Waals surface area (Å²) in [5.74, 6) is 0.0992. The van der Waals surface area contributed by atoms with E-state index in [2.05, 4.69) is 54.4 Å². The molecule has 3 rings (SSSR count). The van der Waals surface area contributed by atoms with Crippen molar-refractivity contribution in [1.82, 2.24) is 5.32 Å². The Balaban J connectivity index is 1.53. The molecule has 0 radical (unpaired) electrons. The zero-order valence-corrected chi connectivity index (χ0v) is 13.9. The fourth-order valence-corrected chi connectivity index (χ4v) is 3.31. The molecule has 1 N–H and O–H groups in total. The Hall–Kier alpha value is -2.29. The Morgan fingerprint density at radius 1 is 1.17 bits per heavy atom. The number of anilines is 1. The highest BCUT2D eigenvalue weighted by molar-refractivity contribution is 5.82. The number of aryl methyl sites for hydroxylation is 1. The molecule has 0 saturated carbocycles. The van der Waals surface area contributed by atoms with Crippen LogP contribution < -0.4 is 10.2 Å². The molecule has 1 aliphatic rings. The first kappa shape index (κ1) is 15.6. The SMILES string of the molecule is Cc1ccccc1CCNC(=O)CN1c2ccccc2CC1C. The van der Waals surface area contributed by atoms with Gasteiger partial charge in [-0.15, -0.1) is 0 Å². The van der Waals surface area contributed by atoms with Crippen molar-refractivity contribution in [1.29, 1.82) is 0 Å². The summed E-state index contributed by atoms with van der Waals surface area (Å²) in [6.45, 7) is 5.42. The molecule has 120 valence electrons. The second-order valence-corrected chi connectivity index (χ2v) is 6.34. The van der Waals surface area contributed by atoms with Gasteiger partial charge >= 0.3 is 0 Å². The van der Waals surface area contributed by atoms with Gasteiger partial charge in [0.2, 0.25) is 5.91 Å². The van der Waals surface area contributed by atoms with Crippen molar-refractivity contribution in [2.45, 2.75) is 32.7 Å². The Bertz CT molecular complexity index is 696. The second-order valence-electron chi connectivity index (χ2n) is 6.34. The van der Waals surface area contributed by atoms with Crippen LogP contribution in [0.15, 0.2) is 48.5 Å². The van der Waals surface area contributed by atoms with E-state index in [4.69, 9.17) is 0 Å². The topological polar surface area (TPSA) is 32.3 Å². The van der Waals surface area contributed by atoms with E-state index in [0.29, 0.717) is 19.1 Å². The average Bonchev–Trinajstić information content (AvgIpc) is 2.85. The quantitative estimate of drug-likeness (QED) is 0.920. The van der Waals surface area contributed by atoms with Gasteiger partial charge in [0.1, 0.15) is 0 Å². The van der Waals surface area contributed by atoms with Crippen LogP contribution in [0.5, 0.6) is 0 Å². The fraction of sp³-hybridized carbons (Fsp3) is 0.350. The molecule has 23 heavy (non-hydrogen) atoms. The zero-order chi connectivity index (χ0) is 16.2. The number of fused-ring (bicyclic) bond motifs is 1. The summed E-state index contributed by atoms with van der Waals surface area (Å²) in [6, 6.07) is 17.1. The number of rotatable bonds is 5. The van der Waals surface area contributed by atoms with Crippen LogP contribution in [-0.2, 0) is 17.6 Å². The maximum absolute atomic E-state index is 12.3.